The highest BCUT2D eigenvalue weighted by Gasteiger charge is 2.32. The van der Waals surface area contributed by atoms with Crippen LogP contribution in [0.3, 0.4) is 0 Å². The van der Waals surface area contributed by atoms with E-state index in [1.54, 1.807) is 0 Å². The molecular formula is C18H35NO. The van der Waals surface area contributed by atoms with E-state index in [-0.39, 0.29) is 6.10 Å². The van der Waals surface area contributed by atoms with Crippen LogP contribution in [0.25, 0.3) is 0 Å². The summed E-state index contributed by atoms with van der Waals surface area (Å²) >= 11 is 0. The van der Waals surface area contributed by atoms with Gasteiger partial charge in [0, 0.05) is 6.04 Å². The summed E-state index contributed by atoms with van der Waals surface area (Å²) < 4.78 is 0. The third-order valence-electron chi connectivity index (χ3n) is 6.19. The Hall–Kier alpha value is -0.0800. The van der Waals surface area contributed by atoms with Crippen LogP contribution in [-0.4, -0.2) is 23.8 Å². The highest BCUT2D eigenvalue weighted by Crippen LogP contribution is 2.40. The van der Waals surface area contributed by atoms with Gasteiger partial charge >= 0.3 is 0 Å². The average molecular weight is 281 g/mol. The third kappa shape index (κ3) is 4.46. The van der Waals surface area contributed by atoms with E-state index >= 15 is 0 Å². The van der Waals surface area contributed by atoms with E-state index in [9.17, 15) is 5.11 Å². The Morgan fingerprint density at radius 2 is 1.75 bits per heavy atom. The van der Waals surface area contributed by atoms with Gasteiger partial charge in [-0.3, -0.25) is 0 Å². The van der Waals surface area contributed by atoms with Crippen LogP contribution in [0.5, 0.6) is 0 Å². The van der Waals surface area contributed by atoms with Gasteiger partial charge < -0.3 is 10.4 Å². The van der Waals surface area contributed by atoms with Gasteiger partial charge in [0.05, 0.1) is 6.10 Å². The molecule has 2 heteroatoms. The number of rotatable bonds is 5. The van der Waals surface area contributed by atoms with Crippen LogP contribution in [0.2, 0.25) is 0 Å². The van der Waals surface area contributed by atoms with Crippen molar-refractivity contribution in [3.8, 4) is 0 Å². The van der Waals surface area contributed by atoms with Gasteiger partial charge in [0.25, 0.3) is 0 Å². The lowest BCUT2D eigenvalue weighted by molar-refractivity contribution is 0.0959. The highest BCUT2D eigenvalue weighted by atomic mass is 16.3. The predicted octanol–water partition coefficient (Wildman–Crippen LogP) is 4.12. The molecule has 0 spiro atoms. The molecule has 0 aromatic carbocycles. The number of hydrogen-bond donors (Lipinski definition) is 2. The highest BCUT2D eigenvalue weighted by molar-refractivity contribution is 4.85. The van der Waals surface area contributed by atoms with Crippen molar-refractivity contribution in [1.82, 2.24) is 5.32 Å². The van der Waals surface area contributed by atoms with E-state index in [0.29, 0.717) is 11.3 Å². The van der Waals surface area contributed by atoms with Crippen LogP contribution in [0.1, 0.15) is 78.6 Å². The van der Waals surface area contributed by atoms with Crippen LogP contribution in [0, 0.1) is 17.3 Å². The molecule has 20 heavy (non-hydrogen) atoms. The van der Waals surface area contributed by atoms with Gasteiger partial charge in [0.2, 0.25) is 0 Å². The molecule has 0 aromatic rings. The van der Waals surface area contributed by atoms with Crippen molar-refractivity contribution in [3.05, 3.63) is 0 Å². The predicted molar refractivity (Wildman–Crippen MR) is 85.8 cm³/mol. The topological polar surface area (TPSA) is 32.3 Å². The van der Waals surface area contributed by atoms with E-state index in [2.05, 4.69) is 26.1 Å². The molecule has 2 nitrogen and oxygen atoms in total. The maximum absolute atomic E-state index is 9.74. The molecule has 0 heterocycles. The minimum absolute atomic E-state index is 0.0309. The second kappa shape index (κ2) is 7.26. The number of aliphatic hydroxyl groups excluding tert-OH is 1. The molecule has 2 atom stereocenters. The Morgan fingerprint density at radius 3 is 2.35 bits per heavy atom. The first kappa shape index (κ1) is 16.3. The monoisotopic (exact) mass is 281 g/mol. The van der Waals surface area contributed by atoms with Gasteiger partial charge in [-0.2, -0.15) is 0 Å². The van der Waals surface area contributed by atoms with Gasteiger partial charge in [-0.25, -0.2) is 0 Å². The van der Waals surface area contributed by atoms with Crippen molar-refractivity contribution in [3.63, 3.8) is 0 Å². The Bertz CT molecular complexity index is 281. The molecule has 2 aliphatic carbocycles. The molecule has 0 amide bonds. The quantitative estimate of drug-likeness (QED) is 0.794. The fourth-order valence-electron chi connectivity index (χ4n) is 4.15. The summed E-state index contributed by atoms with van der Waals surface area (Å²) in [7, 11) is 0. The molecule has 2 saturated carbocycles. The Kier molecular flexibility index (Phi) is 5.92. The van der Waals surface area contributed by atoms with Crippen LogP contribution in [-0.2, 0) is 0 Å². The molecule has 0 radical (unpaired) electrons. The van der Waals surface area contributed by atoms with Crippen LogP contribution < -0.4 is 5.32 Å². The van der Waals surface area contributed by atoms with Gasteiger partial charge in [0.15, 0.2) is 0 Å². The smallest absolute Gasteiger partial charge is 0.0543 e. The van der Waals surface area contributed by atoms with Crippen molar-refractivity contribution in [1.29, 1.82) is 0 Å². The Labute approximate surface area is 125 Å². The van der Waals surface area contributed by atoms with Crippen molar-refractivity contribution < 1.29 is 5.11 Å². The number of hydrogen-bond acceptors (Lipinski definition) is 2. The minimum Gasteiger partial charge on any atom is -0.393 e. The maximum Gasteiger partial charge on any atom is 0.0543 e. The van der Waals surface area contributed by atoms with Gasteiger partial charge in [-0.1, -0.05) is 33.6 Å². The standard InChI is InChI=1S/C18H35NO/c1-4-18(2,3)15-8-10-16(11-9-15)19-13-14-6-5-7-17(20)12-14/h14-17,19-20H,4-13H2,1-3H3. The largest absolute Gasteiger partial charge is 0.393 e. The molecule has 2 unspecified atom stereocenters. The maximum atomic E-state index is 9.74. The zero-order valence-electron chi connectivity index (χ0n) is 13.8. The zero-order chi connectivity index (χ0) is 14.6. The molecule has 0 bridgehead atoms. The first-order chi connectivity index (χ1) is 9.51. The molecule has 0 aromatic heterocycles. The fourth-order valence-corrected chi connectivity index (χ4v) is 4.15. The van der Waals surface area contributed by atoms with Crippen LogP contribution >= 0.6 is 0 Å². The van der Waals surface area contributed by atoms with Gasteiger partial charge in [-0.15, -0.1) is 0 Å². The summed E-state index contributed by atoms with van der Waals surface area (Å²) in [6, 6.07) is 0.734. The number of nitrogens with one attached hydrogen (secondary N) is 1. The van der Waals surface area contributed by atoms with Crippen molar-refractivity contribution in [2.75, 3.05) is 6.54 Å². The minimum atomic E-state index is -0.0309. The summed E-state index contributed by atoms with van der Waals surface area (Å²) in [6.45, 7) is 8.34. The summed E-state index contributed by atoms with van der Waals surface area (Å²) in [5.74, 6) is 1.63. The molecule has 2 rings (SSSR count). The molecular weight excluding hydrogens is 246 g/mol. The summed E-state index contributed by atoms with van der Waals surface area (Å²) in [5, 5.41) is 13.5. The lowest BCUT2D eigenvalue weighted by Crippen LogP contribution is -2.40. The second-order valence-electron chi connectivity index (χ2n) is 7.99. The SMILES string of the molecule is CCC(C)(C)C1CCC(NCC2CCCC(O)C2)CC1. The Morgan fingerprint density at radius 1 is 1.05 bits per heavy atom. The van der Waals surface area contributed by atoms with E-state index < -0.39 is 0 Å². The Balaban J connectivity index is 1.67. The first-order valence-corrected chi connectivity index (χ1v) is 8.92. The van der Waals surface area contributed by atoms with E-state index in [0.717, 1.165) is 31.3 Å². The van der Waals surface area contributed by atoms with Crippen molar-refractivity contribution in [2.24, 2.45) is 17.3 Å². The average Bonchev–Trinajstić information content (AvgIpc) is 2.46. The summed E-state index contributed by atoms with van der Waals surface area (Å²) in [5.41, 5.74) is 0.526. The van der Waals surface area contributed by atoms with E-state index in [1.807, 2.05) is 0 Å². The molecule has 2 fully saturated rings. The second-order valence-corrected chi connectivity index (χ2v) is 7.99. The van der Waals surface area contributed by atoms with Crippen LogP contribution in [0.15, 0.2) is 0 Å². The zero-order valence-corrected chi connectivity index (χ0v) is 13.8. The third-order valence-corrected chi connectivity index (χ3v) is 6.19. The molecule has 2 N–H and O–H groups in total. The number of aliphatic hydroxyl groups is 1. The van der Waals surface area contributed by atoms with Crippen molar-refractivity contribution in [2.45, 2.75) is 90.7 Å². The van der Waals surface area contributed by atoms with Crippen molar-refractivity contribution >= 4 is 0 Å². The summed E-state index contributed by atoms with van der Waals surface area (Å²) in [6.07, 6.45) is 11.3. The van der Waals surface area contributed by atoms with Gasteiger partial charge in [-0.05, 0) is 68.7 Å². The lowest BCUT2D eigenvalue weighted by Gasteiger charge is -2.39. The van der Waals surface area contributed by atoms with Gasteiger partial charge in [0.1, 0.15) is 0 Å². The van der Waals surface area contributed by atoms with Crippen LogP contribution in [0.4, 0.5) is 0 Å². The fraction of sp³-hybridized carbons (Fsp3) is 1.00. The van der Waals surface area contributed by atoms with E-state index in [4.69, 9.17) is 0 Å². The van der Waals surface area contributed by atoms with E-state index in [1.165, 1.54) is 44.9 Å². The molecule has 0 saturated heterocycles. The normalized spacial score (nSPS) is 36.0. The molecule has 2 aliphatic rings. The molecule has 118 valence electrons. The lowest BCUT2D eigenvalue weighted by atomic mass is 9.69. The summed E-state index contributed by atoms with van der Waals surface area (Å²) in [4.78, 5) is 0. The molecule has 0 aliphatic heterocycles. The first-order valence-electron chi connectivity index (χ1n) is 8.92.